The molecule has 0 spiro atoms. The maximum Gasteiger partial charge on any atom is 0.141 e. The summed E-state index contributed by atoms with van der Waals surface area (Å²) in [4.78, 5) is 4.44. The van der Waals surface area contributed by atoms with Crippen LogP contribution in [0.5, 0.6) is 5.75 Å². The van der Waals surface area contributed by atoms with Crippen LogP contribution in [0.2, 0.25) is 0 Å². The summed E-state index contributed by atoms with van der Waals surface area (Å²) in [6.45, 7) is 8.87. The lowest BCUT2D eigenvalue weighted by atomic mass is 9.86. The number of nitrogens with zero attached hydrogens (tertiary/aromatic N) is 1. The maximum atomic E-state index is 5.53. The molecule has 0 aliphatic rings. The highest BCUT2D eigenvalue weighted by atomic mass is 16.5. The number of hydrogen-bond acceptors (Lipinski definition) is 3. The minimum absolute atomic E-state index is 0.116. The van der Waals surface area contributed by atoms with E-state index in [2.05, 4.69) is 62.3 Å². The molecular weight excluding hydrogens is 284 g/mol. The molecule has 3 heteroatoms. The SMILES string of the molecule is CCC(Cc1ccccn1)Nc1cc(C(C)(C)C)ccc1OC. The fourth-order valence-corrected chi connectivity index (χ4v) is 2.58. The van der Waals surface area contributed by atoms with E-state index in [1.54, 1.807) is 7.11 Å². The molecule has 3 nitrogen and oxygen atoms in total. The van der Waals surface area contributed by atoms with Crippen molar-refractivity contribution in [3.8, 4) is 5.75 Å². The zero-order valence-corrected chi connectivity index (χ0v) is 14.9. The van der Waals surface area contributed by atoms with Crippen molar-refractivity contribution in [1.82, 2.24) is 4.98 Å². The molecule has 1 unspecified atom stereocenters. The van der Waals surface area contributed by atoms with Crippen LogP contribution in [-0.2, 0) is 11.8 Å². The third-order valence-corrected chi connectivity index (χ3v) is 4.10. The van der Waals surface area contributed by atoms with Gasteiger partial charge in [0.2, 0.25) is 0 Å². The van der Waals surface area contributed by atoms with Gasteiger partial charge >= 0.3 is 0 Å². The van der Waals surface area contributed by atoms with E-state index in [4.69, 9.17) is 4.74 Å². The number of methoxy groups -OCH3 is 1. The van der Waals surface area contributed by atoms with E-state index in [-0.39, 0.29) is 5.41 Å². The van der Waals surface area contributed by atoms with Crippen molar-refractivity contribution in [2.45, 2.75) is 52.0 Å². The van der Waals surface area contributed by atoms with Gasteiger partial charge in [0.05, 0.1) is 12.8 Å². The average molecular weight is 312 g/mol. The Labute approximate surface area is 140 Å². The lowest BCUT2D eigenvalue weighted by molar-refractivity contribution is 0.415. The van der Waals surface area contributed by atoms with Crippen molar-refractivity contribution < 1.29 is 4.74 Å². The van der Waals surface area contributed by atoms with Crippen LogP contribution in [-0.4, -0.2) is 18.1 Å². The molecule has 0 radical (unpaired) electrons. The fourth-order valence-electron chi connectivity index (χ4n) is 2.58. The molecule has 1 N–H and O–H groups in total. The first kappa shape index (κ1) is 17.3. The second-order valence-corrected chi connectivity index (χ2v) is 6.94. The van der Waals surface area contributed by atoms with Crippen LogP contribution in [0.15, 0.2) is 42.6 Å². The number of hydrogen-bond donors (Lipinski definition) is 1. The van der Waals surface area contributed by atoms with Gasteiger partial charge in [0.25, 0.3) is 0 Å². The Morgan fingerprint density at radius 1 is 1.17 bits per heavy atom. The second kappa shape index (κ2) is 7.49. The van der Waals surface area contributed by atoms with E-state index in [1.807, 2.05) is 18.3 Å². The molecule has 1 aromatic heterocycles. The van der Waals surface area contributed by atoms with Crippen LogP contribution in [0.4, 0.5) is 5.69 Å². The summed E-state index contributed by atoms with van der Waals surface area (Å²) >= 11 is 0. The van der Waals surface area contributed by atoms with Crippen molar-refractivity contribution >= 4 is 5.69 Å². The first-order valence-electron chi connectivity index (χ1n) is 8.29. The summed E-state index contributed by atoms with van der Waals surface area (Å²) < 4.78 is 5.53. The number of anilines is 1. The van der Waals surface area contributed by atoms with E-state index in [9.17, 15) is 0 Å². The topological polar surface area (TPSA) is 34.2 Å². The Bertz CT molecular complexity index is 617. The van der Waals surface area contributed by atoms with E-state index in [0.717, 1.165) is 30.0 Å². The quantitative estimate of drug-likeness (QED) is 0.830. The largest absolute Gasteiger partial charge is 0.495 e. The zero-order chi connectivity index (χ0) is 16.9. The molecule has 23 heavy (non-hydrogen) atoms. The van der Waals surface area contributed by atoms with Crippen LogP contribution in [0.1, 0.15) is 45.4 Å². The normalized spacial score (nSPS) is 12.7. The van der Waals surface area contributed by atoms with E-state index in [1.165, 1.54) is 5.56 Å². The van der Waals surface area contributed by atoms with Crippen LogP contribution in [0, 0.1) is 0 Å². The molecule has 0 amide bonds. The summed E-state index contributed by atoms with van der Waals surface area (Å²) in [6, 6.07) is 12.8. The predicted molar refractivity (Wildman–Crippen MR) is 97.3 cm³/mol. The molecule has 0 aliphatic heterocycles. The molecule has 1 heterocycles. The maximum absolute atomic E-state index is 5.53. The van der Waals surface area contributed by atoms with Crippen LogP contribution in [0.25, 0.3) is 0 Å². The molecule has 0 fully saturated rings. The third kappa shape index (κ3) is 4.72. The van der Waals surface area contributed by atoms with Gasteiger partial charge in [-0.1, -0.05) is 39.8 Å². The van der Waals surface area contributed by atoms with Gasteiger partial charge in [0.15, 0.2) is 0 Å². The Hall–Kier alpha value is -2.03. The van der Waals surface area contributed by atoms with Crippen LogP contribution >= 0.6 is 0 Å². The Morgan fingerprint density at radius 3 is 2.52 bits per heavy atom. The number of benzene rings is 1. The first-order valence-corrected chi connectivity index (χ1v) is 8.29. The first-order chi connectivity index (χ1) is 10.9. The van der Waals surface area contributed by atoms with Crippen molar-refractivity contribution in [2.75, 3.05) is 12.4 Å². The van der Waals surface area contributed by atoms with Gasteiger partial charge in [-0.25, -0.2) is 0 Å². The molecule has 0 aliphatic carbocycles. The van der Waals surface area contributed by atoms with Crippen LogP contribution in [0.3, 0.4) is 0 Å². The van der Waals surface area contributed by atoms with Gasteiger partial charge < -0.3 is 10.1 Å². The number of nitrogens with one attached hydrogen (secondary N) is 1. The highest BCUT2D eigenvalue weighted by Gasteiger charge is 2.17. The molecular formula is C20H28N2O. The number of aromatic nitrogens is 1. The Kier molecular flexibility index (Phi) is 5.64. The minimum atomic E-state index is 0.116. The second-order valence-electron chi connectivity index (χ2n) is 6.94. The lowest BCUT2D eigenvalue weighted by Gasteiger charge is -2.24. The van der Waals surface area contributed by atoms with Gasteiger partial charge in [-0.2, -0.15) is 0 Å². The van der Waals surface area contributed by atoms with E-state index >= 15 is 0 Å². The molecule has 0 saturated heterocycles. The lowest BCUT2D eigenvalue weighted by Crippen LogP contribution is -2.22. The molecule has 124 valence electrons. The molecule has 2 rings (SSSR count). The summed E-state index contributed by atoms with van der Waals surface area (Å²) in [6.07, 6.45) is 3.78. The third-order valence-electron chi connectivity index (χ3n) is 4.10. The zero-order valence-electron chi connectivity index (χ0n) is 14.9. The number of ether oxygens (including phenoxy) is 1. The number of pyridine rings is 1. The minimum Gasteiger partial charge on any atom is -0.495 e. The number of rotatable bonds is 6. The fraction of sp³-hybridized carbons (Fsp3) is 0.450. The Morgan fingerprint density at radius 2 is 1.96 bits per heavy atom. The summed E-state index contributed by atoms with van der Waals surface area (Å²) in [7, 11) is 1.72. The Balaban J connectivity index is 2.22. The van der Waals surface area contributed by atoms with Gasteiger partial charge in [0.1, 0.15) is 5.75 Å². The van der Waals surface area contributed by atoms with Crippen molar-refractivity contribution in [2.24, 2.45) is 0 Å². The van der Waals surface area contributed by atoms with Crippen LogP contribution < -0.4 is 10.1 Å². The molecule has 1 aromatic carbocycles. The predicted octanol–water partition coefficient (Wildman–Crippen LogP) is 4.82. The van der Waals surface area contributed by atoms with E-state index in [0.29, 0.717) is 6.04 Å². The van der Waals surface area contributed by atoms with Gasteiger partial charge in [-0.3, -0.25) is 4.98 Å². The smallest absolute Gasteiger partial charge is 0.141 e. The summed E-state index contributed by atoms with van der Waals surface area (Å²) in [5, 5.41) is 3.64. The molecule has 1 atom stereocenters. The van der Waals surface area contributed by atoms with Gasteiger partial charge in [-0.15, -0.1) is 0 Å². The average Bonchev–Trinajstić information content (AvgIpc) is 2.54. The highest BCUT2D eigenvalue weighted by Crippen LogP contribution is 2.32. The standard InChI is InChI=1S/C20H28N2O/c1-6-16(14-17-9-7-8-12-21-17)22-18-13-15(20(2,3)4)10-11-19(18)23-5/h7-13,16,22H,6,14H2,1-5H3. The van der Waals surface area contributed by atoms with Crippen molar-refractivity contribution in [1.29, 1.82) is 0 Å². The molecule has 2 aromatic rings. The van der Waals surface area contributed by atoms with Gasteiger partial charge in [0, 0.05) is 24.4 Å². The van der Waals surface area contributed by atoms with Crippen molar-refractivity contribution in [3.05, 3.63) is 53.9 Å². The summed E-state index contributed by atoms with van der Waals surface area (Å²) in [5.74, 6) is 0.887. The summed E-state index contributed by atoms with van der Waals surface area (Å²) in [5.41, 5.74) is 3.58. The molecule has 0 saturated carbocycles. The highest BCUT2D eigenvalue weighted by molar-refractivity contribution is 5.59. The molecule has 0 bridgehead atoms. The monoisotopic (exact) mass is 312 g/mol. The van der Waals surface area contributed by atoms with E-state index < -0.39 is 0 Å². The van der Waals surface area contributed by atoms with Crippen molar-refractivity contribution in [3.63, 3.8) is 0 Å². The van der Waals surface area contributed by atoms with Gasteiger partial charge in [-0.05, 0) is 41.7 Å².